The molecule has 2 aromatic rings. The van der Waals surface area contributed by atoms with Crippen molar-refractivity contribution < 1.29 is 4.79 Å². The van der Waals surface area contributed by atoms with E-state index in [4.69, 9.17) is 16.9 Å². The quantitative estimate of drug-likeness (QED) is 0.750. The highest BCUT2D eigenvalue weighted by atomic mass is 35.5. The molecular weight excluding hydrogens is 342 g/mol. The van der Waals surface area contributed by atoms with Gasteiger partial charge in [-0.05, 0) is 37.3 Å². The SMILES string of the molecule is C=CCN(Cc1ccc(Cl)s1)[C@@H](C)C(=O)Nc1cccc(C#N)c1. The van der Waals surface area contributed by atoms with E-state index in [9.17, 15) is 4.79 Å². The second-order valence-corrected chi connectivity index (χ2v) is 7.08. The van der Waals surface area contributed by atoms with Crippen molar-refractivity contribution in [2.24, 2.45) is 0 Å². The number of anilines is 1. The van der Waals surface area contributed by atoms with E-state index in [-0.39, 0.29) is 11.9 Å². The van der Waals surface area contributed by atoms with Crippen LogP contribution in [-0.4, -0.2) is 23.4 Å². The first-order valence-electron chi connectivity index (χ1n) is 7.43. The second kappa shape index (κ2) is 8.65. The van der Waals surface area contributed by atoms with Crippen molar-refractivity contribution in [2.45, 2.75) is 19.5 Å². The van der Waals surface area contributed by atoms with E-state index in [2.05, 4.69) is 18.0 Å². The van der Waals surface area contributed by atoms with Crippen LogP contribution in [0.15, 0.2) is 49.1 Å². The summed E-state index contributed by atoms with van der Waals surface area (Å²) in [6, 6.07) is 12.4. The summed E-state index contributed by atoms with van der Waals surface area (Å²) in [7, 11) is 0. The minimum absolute atomic E-state index is 0.130. The molecule has 124 valence electrons. The van der Waals surface area contributed by atoms with Crippen molar-refractivity contribution >= 4 is 34.5 Å². The summed E-state index contributed by atoms with van der Waals surface area (Å²) in [6.45, 7) is 6.82. The molecule has 6 heteroatoms. The van der Waals surface area contributed by atoms with Gasteiger partial charge in [0, 0.05) is 23.7 Å². The van der Waals surface area contributed by atoms with Gasteiger partial charge in [0.15, 0.2) is 0 Å². The Bertz CT molecular complexity index is 766. The van der Waals surface area contributed by atoms with E-state index < -0.39 is 0 Å². The monoisotopic (exact) mass is 359 g/mol. The Morgan fingerprint density at radius 3 is 2.92 bits per heavy atom. The lowest BCUT2D eigenvalue weighted by atomic mass is 10.2. The maximum atomic E-state index is 12.5. The smallest absolute Gasteiger partial charge is 0.241 e. The zero-order valence-electron chi connectivity index (χ0n) is 13.3. The molecule has 0 radical (unpaired) electrons. The number of nitrogens with one attached hydrogen (secondary N) is 1. The highest BCUT2D eigenvalue weighted by Gasteiger charge is 2.21. The number of thiophene rings is 1. The van der Waals surface area contributed by atoms with Gasteiger partial charge < -0.3 is 5.32 Å². The van der Waals surface area contributed by atoms with Crippen LogP contribution in [0, 0.1) is 11.3 Å². The summed E-state index contributed by atoms with van der Waals surface area (Å²) in [5.74, 6) is -0.130. The Kier molecular flexibility index (Phi) is 6.56. The minimum Gasteiger partial charge on any atom is -0.325 e. The maximum absolute atomic E-state index is 12.5. The van der Waals surface area contributed by atoms with E-state index in [1.165, 1.54) is 11.3 Å². The fourth-order valence-electron chi connectivity index (χ4n) is 2.24. The average molecular weight is 360 g/mol. The van der Waals surface area contributed by atoms with Gasteiger partial charge in [-0.1, -0.05) is 23.7 Å². The zero-order valence-corrected chi connectivity index (χ0v) is 14.9. The van der Waals surface area contributed by atoms with Crippen molar-refractivity contribution in [2.75, 3.05) is 11.9 Å². The third-order valence-corrected chi connectivity index (χ3v) is 4.75. The summed E-state index contributed by atoms with van der Waals surface area (Å²) in [5, 5.41) is 11.8. The Hall–Kier alpha value is -2.13. The number of amides is 1. The summed E-state index contributed by atoms with van der Waals surface area (Å²) in [6.07, 6.45) is 1.77. The fourth-order valence-corrected chi connectivity index (χ4v) is 3.35. The highest BCUT2D eigenvalue weighted by molar-refractivity contribution is 7.16. The number of rotatable bonds is 7. The van der Waals surface area contributed by atoms with E-state index in [0.29, 0.717) is 24.3 Å². The third-order valence-electron chi connectivity index (χ3n) is 3.54. The van der Waals surface area contributed by atoms with Crippen LogP contribution in [0.2, 0.25) is 4.34 Å². The molecule has 1 amide bonds. The molecule has 0 unspecified atom stereocenters. The van der Waals surface area contributed by atoms with Gasteiger partial charge in [-0.3, -0.25) is 9.69 Å². The predicted octanol–water partition coefficient (Wildman–Crippen LogP) is 4.29. The molecule has 0 aliphatic carbocycles. The molecule has 1 aromatic carbocycles. The maximum Gasteiger partial charge on any atom is 0.241 e. The van der Waals surface area contributed by atoms with Gasteiger partial charge in [-0.2, -0.15) is 5.26 Å². The second-order valence-electron chi connectivity index (χ2n) is 5.28. The van der Waals surface area contributed by atoms with Crippen molar-refractivity contribution in [1.29, 1.82) is 5.26 Å². The third kappa shape index (κ3) is 4.93. The van der Waals surface area contributed by atoms with Crippen LogP contribution in [0.1, 0.15) is 17.4 Å². The number of benzene rings is 1. The standard InChI is InChI=1S/C18H18ClN3OS/c1-3-9-22(12-16-7-8-17(19)24-16)13(2)18(23)21-15-6-4-5-14(10-15)11-20/h3-8,10,13H,1,9,12H2,2H3,(H,21,23)/t13-/m0/s1. The molecule has 24 heavy (non-hydrogen) atoms. The van der Waals surface area contributed by atoms with Crippen LogP contribution >= 0.6 is 22.9 Å². The summed E-state index contributed by atoms with van der Waals surface area (Å²) >= 11 is 7.47. The van der Waals surface area contributed by atoms with E-state index >= 15 is 0 Å². The topological polar surface area (TPSA) is 56.1 Å². The Morgan fingerprint density at radius 2 is 2.29 bits per heavy atom. The fraction of sp³-hybridized carbons (Fsp3) is 0.222. The molecule has 1 atom stereocenters. The summed E-state index contributed by atoms with van der Waals surface area (Å²) < 4.78 is 0.731. The number of hydrogen-bond acceptors (Lipinski definition) is 4. The molecule has 0 spiro atoms. The molecule has 1 N–H and O–H groups in total. The number of nitrogens with zero attached hydrogens (tertiary/aromatic N) is 2. The number of carbonyl (C=O) groups excluding carboxylic acids is 1. The lowest BCUT2D eigenvalue weighted by Crippen LogP contribution is -2.41. The molecule has 0 bridgehead atoms. The molecule has 1 heterocycles. The van der Waals surface area contributed by atoms with Crippen LogP contribution in [0.25, 0.3) is 0 Å². The van der Waals surface area contributed by atoms with Crippen molar-refractivity contribution in [3.8, 4) is 6.07 Å². The van der Waals surface area contributed by atoms with Gasteiger partial charge in [-0.25, -0.2) is 0 Å². The van der Waals surface area contributed by atoms with Crippen LogP contribution in [0.4, 0.5) is 5.69 Å². The van der Waals surface area contributed by atoms with Crippen LogP contribution in [0.3, 0.4) is 0 Å². The molecule has 2 rings (SSSR count). The first kappa shape index (κ1) is 18.2. The van der Waals surface area contributed by atoms with E-state index in [1.807, 2.05) is 24.0 Å². The molecule has 0 saturated carbocycles. The Balaban J connectivity index is 2.07. The number of nitriles is 1. The Morgan fingerprint density at radius 1 is 1.50 bits per heavy atom. The molecule has 0 aliphatic heterocycles. The highest BCUT2D eigenvalue weighted by Crippen LogP contribution is 2.23. The average Bonchev–Trinajstić information content (AvgIpc) is 2.99. The number of halogens is 1. The predicted molar refractivity (Wildman–Crippen MR) is 99.2 cm³/mol. The van der Waals surface area contributed by atoms with Gasteiger partial charge in [0.25, 0.3) is 0 Å². The van der Waals surface area contributed by atoms with Crippen molar-refractivity contribution in [1.82, 2.24) is 4.90 Å². The lowest BCUT2D eigenvalue weighted by molar-refractivity contribution is -0.120. The lowest BCUT2D eigenvalue weighted by Gasteiger charge is -2.26. The number of carbonyl (C=O) groups is 1. The molecule has 4 nitrogen and oxygen atoms in total. The van der Waals surface area contributed by atoms with Gasteiger partial charge in [0.2, 0.25) is 5.91 Å². The largest absolute Gasteiger partial charge is 0.325 e. The molecule has 0 fully saturated rings. The number of hydrogen-bond donors (Lipinski definition) is 1. The van der Waals surface area contributed by atoms with Crippen LogP contribution in [-0.2, 0) is 11.3 Å². The molecule has 1 aromatic heterocycles. The van der Waals surface area contributed by atoms with E-state index in [1.54, 1.807) is 30.3 Å². The van der Waals surface area contributed by atoms with Crippen molar-refractivity contribution in [3.63, 3.8) is 0 Å². The van der Waals surface area contributed by atoms with E-state index in [0.717, 1.165) is 9.21 Å². The first-order valence-corrected chi connectivity index (χ1v) is 8.63. The summed E-state index contributed by atoms with van der Waals surface area (Å²) in [5.41, 5.74) is 1.13. The minimum atomic E-state index is -0.352. The van der Waals surface area contributed by atoms with Gasteiger partial charge >= 0.3 is 0 Å². The van der Waals surface area contributed by atoms with Crippen LogP contribution in [0.5, 0.6) is 0 Å². The van der Waals surface area contributed by atoms with Crippen LogP contribution < -0.4 is 5.32 Å². The Labute approximate surface area is 151 Å². The first-order chi connectivity index (χ1) is 11.5. The normalized spacial score (nSPS) is 11.8. The zero-order chi connectivity index (χ0) is 17.5. The molecular formula is C18H18ClN3OS. The van der Waals surface area contributed by atoms with Gasteiger partial charge in [0.05, 0.1) is 22.0 Å². The van der Waals surface area contributed by atoms with Crippen molar-refractivity contribution in [3.05, 3.63) is 63.8 Å². The molecule has 0 saturated heterocycles. The van der Waals surface area contributed by atoms with Gasteiger partial charge in [0.1, 0.15) is 0 Å². The summed E-state index contributed by atoms with van der Waals surface area (Å²) in [4.78, 5) is 15.6. The molecule has 0 aliphatic rings. The van der Waals surface area contributed by atoms with Gasteiger partial charge in [-0.15, -0.1) is 17.9 Å².